The van der Waals surface area contributed by atoms with Crippen LogP contribution < -0.4 is 4.74 Å². The first-order valence-corrected chi connectivity index (χ1v) is 7.71. The summed E-state index contributed by atoms with van der Waals surface area (Å²) in [4.78, 5) is 14.2. The highest BCUT2D eigenvalue weighted by Crippen LogP contribution is 2.27. The molecule has 2 rings (SSSR count). The van der Waals surface area contributed by atoms with Gasteiger partial charge in [-0.1, -0.05) is 17.7 Å². The second-order valence-electron chi connectivity index (χ2n) is 5.67. The average molecular weight is 312 g/mol. The summed E-state index contributed by atoms with van der Waals surface area (Å²) in [6, 6.07) is 5.50. The summed E-state index contributed by atoms with van der Waals surface area (Å²) in [7, 11) is 0. The zero-order valence-electron chi connectivity index (χ0n) is 12.5. The Morgan fingerprint density at radius 2 is 2.33 bits per heavy atom. The molecule has 1 aliphatic rings. The lowest BCUT2D eigenvalue weighted by Gasteiger charge is -2.33. The van der Waals surface area contributed by atoms with Crippen LogP contribution in [0.1, 0.15) is 25.3 Å². The largest absolute Gasteiger partial charge is 0.479 e. The van der Waals surface area contributed by atoms with Crippen LogP contribution in [0.5, 0.6) is 5.75 Å². The van der Waals surface area contributed by atoms with Gasteiger partial charge < -0.3 is 14.7 Å². The molecule has 1 fully saturated rings. The van der Waals surface area contributed by atoms with Crippen LogP contribution in [0.2, 0.25) is 5.02 Å². The summed E-state index contributed by atoms with van der Waals surface area (Å²) >= 11 is 6.09. The summed E-state index contributed by atoms with van der Waals surface area (Å²) in [5.74, 6) is 0.663. The number of amides is 1. The quantitative estimate of drug-likeness (QED) is 0.930. The molecule has 0 spiro atoms. The highest BCUT2D eigenvalue weighted by molar-refractivity contribution is 6.32. The SMILES string of the molecule is Cc1ccc(Cl)c(OC(C)C(=O)N2CCCC(CO)C2)c1. The zero-order valence-corrected chi connectivity index (χ0v) is 13.3. The number of carbonyl (C=O) groups excluding carboxylic acids is 1. The fourth-order valence-corrected chi connectivity index (χ4v) is 2.78. The van der Waals surface area contributed by atoms with Gasteiger partial charge in [0.2, 0.25) is 0 Å². The van der Waals surface area contributed by atoms with Crippen LogP contribution in [-0.4, -0.2) is 41.7 Å². The van der Waals surface area contributed by atoms with E-state index in [0.717, 1.165) is 24.9 Å². The van der Waals surface area contributed by atoms with Crippen molar-refractivity contribution in [2.75, 3.05) is 19.7 Å². The molecule has 1 N–H and O–H groups in total. The highest BCUT2D eigenvalue weighted by atomic mass is 35.5. The van der Waals surface area contributed by atoms with E-state index in [-0.39, 0.29) is 18.4 Å². The summed E-state index contributed by atoms with van der Waals surface area (Å²) < 4.78 is 5.72. The van der Waals surface area contributed by atoms with Crippen molar-refractivity contribution in [2.45, 2.75) is 32.8 Å². The molecule has 2 unspecified atom stereocenters. The van der Waals surface area contributed by atoms with Gasteiger partial charge in [-0.3, -0.25) is 4.79 Å². The normalized spacial score (nSPS) is 20.2. The van der Waals surface area contributed by atoms with E-state index >= 15 is 0 Å². The average Bonchev–Trinajstić information content (AvgIpc) is 2.50. The van der Waals surface area contributed by atoms with E-state index in [2.05, 4.69) is 0 Å². The highest BCUT2D eigenvalue weighted by Gasteiger charge is 2.27. The molecule has 0 aliphatic carbocycles. The van der Waals surface area contributed by atoms with Gasteiger partial charge in [0.25, 0.3) is 5.91 Å². The Morgan fingerprint density at radius 3 is 3.05 bits per heavy atom. The van der Waals surface area contributed by atoms with Gasteiger partial charge in [0.15, 0.2) is 6.10 Å². The van der Waals surface area contributed by atoms with E-state index in [1.165, 1.54) is 0 Å². The number of aliphatic hydroxyl groups is 1. The van der Waals surface area contributed by atoms with Gasteiger partial charge in [-0.15, -0.1) is 0 Å². The lowest BCUT2D eigenvalue weighted by atomic mass is 9.99. The van der Waals surface area contributed by atoms with Crippen molar-refractivity contribution >= 4 is 17.5 Å². The van der Waals surface area contributed by atoms with E-state index in [9.17, 15) is 9.90 Å². The molecule has 1 aromatic carbocycles. The maximum absolute atomic E-state index is 12.4. The number of piperidine rings is 1. The zero-order chi connectivity index (χ0) is 15.4. The Balaban J connectivity index is 2.00. The number of ether oxygens (including phenoxy) is 1. The number of carbonyl (C=O) groups is 1. The number of halogens is 1. The maximum Gasteiger partial charge on any atom is 0.263 e. The summed E-state index contributed by atoms with van der Waals surface area (Å²) in [6.45, 7) is 5.15. The molecule has 4 nitrogen and oxygen atoms in total. The molecule has 21 heavy (non-hydrogen) atoms. The third-order valence-corrected chi connectivity index (χ3v) is 4.14. The van der Waals surface area contributed by atoms with Crippen molar-refractivity contribution < 1.29 is 14.6 Å². The monoisotopic (exact) mass is 311 g/mol. The standard InChI is InChI=1S/C16H22ClNO3/c1-11-5-6-14(17)15(8-11)21-12(2)16(20)18-7-3-4-13(9-18)10-19/h5-6,8,12-13,19H,3-4,7,9-10H2,1-2H3. The van der Waals surface area contributed by atoms with Crippen molar-refractivity contribution in [3.63, 3.8) is 0 Å². The Kier molecular flexibility index (Phi) is 5.48. The molecule has 0 bridgehead atoms. The van der Waals surface area contributed by atoms with Crippen molar-refractivity contribution in [1.82, 2.24) is 4.90 Å². The van der Waals surface area contributed by atoms with E-state index in [1.54, 1.807) is 17.9 Å². The molecule has 116 valence electrons. The second-order valence-corrected chi connectivity index (χ2v) is 6.08. The van der Waals surface area contributed by atoms with Gasteiger partial charge in [0, 0.05) is 19.7 Å². The summed E-state index contributed by atoms with van der Waals surface area (Å²) in [6.07, 6.45) is 1.32. The fraction of sp³-hybridized carbons (Fsp3) is 0.562. The first kappa shape index (κ1) is 16.1. The minimum atomic E-state index is -0.582. The predicted octanol–water partition coefficient (Wildman–Crippen LogP) is 2.65. The van der Waals surface area contributed by atoms with Crippen LogP contribution in [0, 0.1) is 12.8 Å². The number of aliphatic hydroxyl groups excluding tert-OH is 1. The molecule has 1 aliphatic heterocycles. The van der Waals surface area contributed by atoms with E-state index in [1.807, 2.05) is 19.1 Å². The third-order valence-electron chi connectivity index (χ3n) is 3.83. The molecule has 1 aromatic rings. The second kappa shape index (κ2) is 7.14. The molecule has 5 heteroatoms. The van der Waals surface area contributed by atoms with Crippen LogP contribution in [0.3, 0.4) is 0 Å². The van der Waals surface area contributed by atoms with Crippen LogP contribution in [-0.2, 0) is 4.79 Å². The Bertz CT molecular complexity index is 506. The lowest BCUT2D eigenvalue weighted by molar-refractivity contribution is -0.140. The van der Waals surface area contributed by atoms with E-state index < -0.39 is 6.10 Å². The van der Waals surface area contributed by atoms with Crippen molar-refractivity contribution in [3.8, 4) is 5.75 Å². The van der Waals surface area contributed by atoms with Crippen molar-refractivity contribution in [2.24, 2.45) is 5.92 Å². The van der Waals surface area contributed by atoms with Gasteiger partial charge in [0.05, 0.1) is 5.02 Å². The minimum Gasteiger partial charge on any atom is -0.479 e. The van der Waals surface area contributed by atoms with Gasteiger partial charge in [-0.2, -0.15) is 0 Å². The molecule has 0 saturated carbocycles. The topological polar surface area (TPSA) is 49.8 Å². The molecule has 1 saturated heterocycles. The summed E-state index contributed by atoms with van der Waals surface area (Å²) in [5, 5.41) is 9.75. The molecular weight excluding hydrogens is 290 g/mol. The molecular formula is C16H22ClNO3. The van der Waals surface area contributed by atoms with Crippen molar-refractivity contribution in [1.29, 1.82) is 0 Å². The number of aryl methyl sites for hydroxylation is 1. The number of rotatable bonds is 4. The van der Waals surface area contributed by atoms with Crippen LogP contribution in [0.15, 0.2) is 18.2 Å². The maximum atomic E-state index is 12.4. The lowest BCUT2D eigenvalue weighted by Crippen LogP contribution is -2.46. The van der Waals surface area contributed by atoms with E-state index in [0.29, 0.717) is 17.3 Å². The van der Waals surface area contributed by atoms with Gasteiger partial charge >= 0.3 is 0 Å². The smallest absolute Gasteiger partial charge is 0.263 e. The molecule has 0 aromatic heterocycles. The van der Waals surface area contributed by atoms with Gasteiger partial charge in [-0.25, -0.2) is 0 Å². The van der Waals surface area contributed by atoms with Crippen LogP contribution >= 0.6 is 11.6 Å². The Hall–Kier alpha value is -1.26. The predicted molar refractivity (Wildman–Crippen MR) is 82.7 cm³/mol. The number of hydrogen-bond donors (Lipinski definition) is 1. The third kappa shape index (κ3) is 4.11. The first-order valence-electron chi connectivity index (χ1n) is 7.33. The van der Waals surface area contributed by atoms with Crippen LogP contribution in [0.25, 0.3) is 0 Å². The fourth-order valence-electron chi connectivity index (χ4n) is 2.61. The van der Waals surface area contributed by atoms with Crippen LogP contribution in [0.4, 0.5) is 0 Å². The molecule has 2 atom stereocenters. The number of likely N-dealkylation sites (tertiary alicyclic amines) is 1. The number of hydrogen-bond acceptors (Lipinski definition) is 3. The molecule has 1 amide bonds. The first-order chi connectivity index (χ1) is 10.0. The number of nitrogens with zero attached hydrogens (tertiary/aromatic N) is 1. The number of benzene rings is 1. The van der Waals surface area contributed by atoms with Crippen molar-refractivity contribution in [3.05, 3.63) is 28.8 Å². The van der Waals surface area contributed by atoms with Gasteiger partial charge in [-0.05, 0) is 50.3 Å². The molecule has 1 heterocycles. The Morgan fingerprint density at radius 1 is 1.57 bits per heavy atom. The molecule has 0 radical (unpaired) electrons. The summed E-state index contributed by atoms with van der Waals surface area (Å²) in [5.41, 5.74) is 1.03. The van der Waals surface area contributed by atoms with Gasteiger partial charge in [0.1, 0.15) is 5.75 Å². The minimum absolute atomic E-state index is 0.0503. The van der Waals surface area contributed by atoms with E-state index in [4.69, 9.17) is 16.3 Å². The Labute approximate surface area is 130 Å².